The van der Waals surface area contributed by atoms with Crippen molar-refractivity contribution in [1.29, 1.82) is 0 Å². The Kier molecular flexibility index (Phi) is 6.42. The number of hydrogen-bond acceptors (Lipinski definition) is 6. The summed E-state index contributed by atoms with van der Waals surface area (Å²) in [6, 6.07) is 14.6. The molecule has 1 unspecified atom stereocenters. The van der Waals surface area contributed by atoms with Gasteiger partial charge in [0.2, 0.25) is 0 Å². The number of furan rings is 1. The first kappa shape index (κ1) is 22.5. The minimum absolute atomic E-state index is 0.0785. The number of ketones is 1. The van der Waals surface area contributed by atoms with Crippen molar-refractivity contribution in [3.05, 3.63) is 88.3 Å². The molecule has 1 N–H and O–H groups in total. The summed E-state index contributed by atoms with van der Waals surface area (Å²) in [4.78, 5) is 27.5. The lowest BCUT2D eigenvalue weighted by Gasteiger charge is -2.23. The van der Waals surface area contributed by atoms with Crippen LogP contribution in [0.25, 0.3) is 5.76 Å². The summed E-state index contributed by atoms with van der Waals surface area (Å²) in [7, 11) is 3.03. The molecule has 0 bridgehead atoms. The van der Waals surface area contributed by atoms with Gasteiger partial charge in [0.15, 0.2) is 0 Å². The highest BCUT2D eigenvalue weighted by molar-refractivity contribution is 6.46. The Morgan fingerprint density at radius 1 is 1.09 bits per heavy atom. The number of carbonyl (C=O) groups excluding carboxylic acids is 2. The molecule has 8 heteroatoms. The number of carbonyl (C=O) groups is 2. The van der Waals surface area contributed by atoms with E-state index in [0.717, 1.165) is 11.3 Å². The number of nitrogens with zero attached hydrogens (tertiary/aromatic N) is 1. The van der Waals surface area contributed by atoms with Crippen LogP contribution in [0.3, 0.4) is 0 Å². The maximum absolute atomic E-state index is 13.1. The molecule has 2 heterocycles. The molecule has 1 aromatic heterocycles. The minimum Gasteiger partial charge on any atom is -0.507 e. The smallest absolute Gasteiger partial charge is 0.295 e. The summed E-state index contributed by atoms with van der Waals surface area (Å²) >= 11 is 6.11. The zero-order chi connectivity index (χ0) is 23.5. The molecule has 1 amide bonds. The van der Waals surface area contributed by atoms with E-state index in [4.69, 9.17) is 25.5 Å². The molecule has 33 heavy (non-hydrogen) atoms. The normalized spacial score (nSPS) is 17.4. The first-order valence-corrected chi connectivity index (χ1v) is 10.6. The van der Waals surface area contributed by atoms with Gasteiger partial charge < -0.3 is 23.9 Å². The van der Waals surface area contributed by atoms with Gasteiger partial charge in [0.1, 0.15) is 29.1 Å². The second-order valence-electron chi connectivity index (χ2n) is 7.45. The molecule has 0 saturated carbocycles. The molecule has 1 fully saturated rings. The first-order chi connectivity index (χ1) is 15.9. The van der Waals surface area contributed by atoms with Crippen LogP contribution in [0.5, 0.6) is 11.5 Å². The highest BCUT2D eigenvalue weighted by Crippen LogP contribution is 2.41. The van der Waals surface area contributed by atoms with E-state index >= 15 is 0 Å². The number of benzene rings is 2. The number of aliphatic hydroxyl groups is 1. The van der Waals surface area contributed by atoms with Gasteiger partial charge in [0, 0.05) is 11.6 Å². The van der Waals surface area contributed by atoms with Gasteiger partial charge in [0.25, 0.3) is 11.7 Å². The van der Waals surface area contributed by atoms with Gasteiger partial charge in [-0.3, -0.25) is 9.59 Å². The summed E-state index contributed by atoms with van der Waals surface area (Å²) in [5.41, 5.74) is 1.10. The minimum atomic E-state index is -0.887. The summed E-state index contributed by atoms with van der Waals surface area (Å²) in [5, 5.41) is 11.5. The fraction of sp³-hybridized carbons (Fsp3) is 0.200. The second kappa shape index (κ2) is 9.42. The average Bonchev–Trinajstić information content (AvgIpc) is 3.44. The Balaban J connectivity index is 1.74. The Morgan fingerprint density at radius 3 is 2.48 bits per heavy atom. The number of ether oxygens (including phenoxy) is 2. The lowest BCUT2D eigenvalue weighted by molar-refractivity contribution is -0.140. The monoisotopic (exact) mass is 467 g/mol. The van der Waals surface area contributed by atoms with E-state index in [1.54, 1.807) is 31.4 Å². The van der Waals surface area contributed by atoms with E-state index in [0.29, 0.717) is 23.0 Å². The molecular weight excluding hydrogens is 446 g/mol. The molecule has 0 spiro atoms. The first-order valence-electron chi connectivity index (χ1n) is 10.2. The van der Waals surface area contributed by atoms with Crippen LogP contribution in [0.15, 0.2) is 70.9 Å². The van der Waals surface area contributed by atoms with Gasteiger partial charge in [-0.2, -0.15) is 0 Å². The van der Waals surface area contributed by atoms with Gasteiger partial charge in [-0.15, -0.1) is 0 Å². The summed E-state index contributed by atoms with van der Waals surface area (Å²) in [6.45, 7) is 0.242. The second-order valence-corrected chi connectivity index (χ2v) is 7.89. The number of aliphatic hydroxyl groups excluding tert-OH is 1. The molecule has 7 nitrogen and oxygen atoms in total. The Morgan fingerprint density at radius 2 is 1.85 bits per heavy atom. The molecule has 0 aliphatic carbocycles. The predicted molar refractivity (Wildman–Crippen MR) is 122 cm³/mol. The fourth-order valence-corrected chi connectivity index (χ4v) is 4.08. The van der Waals surface area contributed by atoms with Crippen molar-refractivity contribution in [2.75, 3.05) is 20.8 Å². The van der Waals surface area contributed by atoms with E-state index in [1.165, 1.54) is 24.3 Å². The molecule has 2 aromatic carbocycles. The Labute approximate surface area is 195 Å². The molecule has 0 radical (unpaired) electrons. The lowest BCUT2D eigenvalue weighted by Crippen LogP contribution is -2.31. The molecule has 1 atom stereocenters. The van der Waals surface area contributed by atoms with Crippen LogP contribution < -0.4 is 9.47 Å². The molecule has 3 aromatic rings. The molecule has 1 aliphatic heterocycles. The average molecular weight is 468 g/mol. The van der Waals surface area contributed by atoms with Crippen molar-refractivity contribution in [2.45, 2.75) is 12.5 Å². The maximum Gasteiger partial charge on any atom is 0.295 e. The van der Waals surface area contributed by atoms with Crippen LogP contribution in [0.2, 0.25) is 5.02 Å². The number of likely N-dealkylation sites (tertiary alicyclic amines) is 1. The van der Waals surface area contributed by atoms with Crippen molar-refractivity contribution in [2.24, 2.45) is 0 Å². The van der Waals surface area contributed by atoms with Crippen LogP contribution in [-0.2, 0) is 16.0 Å². The number of halogens is 1. The molecular formula is C25H22ClNO6. The zero-order valence-electron chi connectivity index (χ0n) is 18.1. The summed E-state index contributed by atoms with van der Waals surface area (Å²) in [5.74, 6) is -0.476. The van der Waals surface area contributed by atoms with Crippen LogP contribution in [0.4, 0.5) is 0 Å². The van der Waals surface area contributed by atoms with Crippen LogP contribution in [0.1, 0.15) is 22.9 Å². The zero-order valence-corrected chi connectivity index (χ0v) is 18.8. The van der Waals surface area contributed by atoms with E-state index < -0.39 is 17.7 Å². The van der Waals surface area contributed by atoms with E-state index in [9.17, 15) is 14.7 Å². The van der Waals surface area contributed by atoms with Crippen LogP contribution >= 0.6 is 11.6 Å². The van der Waals surface area contributed by atoms with Gasteiger partial charge >= 0.3 is 0 Å². The predicted octanol–water partition coefficient (Wildman–Crippen LogP) is 4.61. The van der Waals surface area contributed by atoms with E-state index in [-0.39, 0.29) is 23.4 Å². The van der Waals surface area contributed by atoms with E-state index in [1.807, 2.05) is 24.3 Å². The summed E-state index contributed by atoms with van der Waals surface area (Å²) < 4.78 is 16.1. The fourth-order valence-electron chi connectivity index (χ4n) is 3.91. The molecule has 1 saturated heterocycles. The topological polar surface area (TPSA) is 89.2 Å². The quantitative estimate of drug-likeness (QED) is 0.310. The van der Waals surface area contributed by atoms with Crippen molar-refractivity contribution < 1.29 is 28.6 Å². The number of methoxy groups -OCH3 is 2. The lowest BCUT2D eigenvalue weighted by atomic mass is 9.98. The van der Waals surface area contributed by atoms with Gasteiger partial charge in [-0.1, -0.05) is 23.7 Å². The Hall–Kier alpha value is -3.71. The van der Waals surface area contributed by atoms with Crippen LogP contribution in [0, 0.1) is 0 Å². The van der Waals surface area contributed by atoms with Gasteiger partial charge in [0.05, 0.1) is 31.6 Å². The number of amides is 1. The third-order valence-corrected chi connectivity index (χ3v) is 5.80. The van der Waals surface area contributed by atoms with Crippen molar-refractivity contribution in [1.82, 2.24) is 4.90 Å². The van der Waals surface area contributed by atoms with Crippen molar-refractivity contribution >= 4 is 29.1 Å². The SMILES string of the molecule is COc1ccc(CCN2C(=O)C(=O)/C(=C(\O)c3cc(Cl)ccc3OC)C2c2ccco2)cc1. The van der Waals surface area contributed by atoms with Crippen molar-refractivity contribution in [3.63, 3.8) is 0 Å². The highest BCUT2D eigenvalue weighted by atomic mass is 35.5. The van der Waals surface area contributed by atoms with Crippen molar-refractivity contribution in [3.8, 4) is 11.5 Å². The number of rotatable bonds is 7. The molecule has 4 rings (SSSR count). The molecule has 1 aliphatic rings. The Bertz CT molecular complexity index is 1200. The van der Waals surface area contributed by atoms with E-state index in [2.05, 4.69) is 0 Å². The highest BCUT2D eigenvalue weighted by Gasteiger charge is 2.47. The summed E-state index contributed by atoms with van der Waals surface area (Å²) in [6.07, 6.45) is 1.95. The maximum atomic E-state index is 13.1. The van der Waals surface area contributed by atoms with Gasteiger partial charge in [-0.05, 0) is 54.4 Å². The molecule has 170 valence electrons. The van der Waals surface area contributed by atoms with Gasteiger partial charge in [-0.25, -0.2) is 0 Å². The largest absolute Gasteiger partial charge is 0.507 e. The number of Topliss-reactive ketones (excluding diaryl/α,β-unsaturated/α-hetero) is 1. The number of hydrogen-bond donors (Lipinski definition) is 1. The van der Waals surface area contributed by atoms with Crippen LogP contribution in [-0.4, -0.2) is 42.5 Å². The third-order valence-electron chi connectivity index (χ3n) is 5.57. The third kappa shape index (κ3) is 4.32. The standard InChI is InChI=1S/C25H22ClNO6/c1-31-17-8-5-15(6-9-17)11-12-27-22(20-4-3-13-33-20)21(24(29)25(27)30)23(28)18-14-16(26)7-10-19(18)32-2/h3-10,13-14,22,28H,11-12H2,1-2H3/b23-21-.